The van der Waals surface area contributed by atoms with Gasteiger partial charge in [0.2, 0.25) is 0 Å². The van der Waals surface area contributed by atoms with Crippen LogP contribution in [0.1, 0.15) is 24.1 Å². The lowest BCUT2D eigenvalue weighted by Crippen LogP contribution is -2.18. The van der Waals surface area contributed by atoms with E-state index >= 15 is 0 Å². The molecule has 0 heterocycles. The van der Waals surface area contributed by atoms with Gasteiger partial charge in [0.05, 0.1) is 10.0 Å². The maximum Gasteiger partial charge on any atom is 0.123 e. The SMILES string of the molecule is CC(NCc1c(Cl)ccc(Cl)c1Cl)c1cccc(F)c1. The topological polar surface area (TPSA) is 12.0 Å². The van der Waals surface area contributed by atoms with Crippen LogP contribution in [0, 0.1) is 5.82 Å². The lowest BCUT2D eigenvalue weighted by molar-refractivity contribution is 0.565. The highest BCUT2D eigenvalue weighted by atomic mass is 35.5. The van der Waals surface area contributed by atoms with Crippen molar-refractivity contribution in [1.82, 2.24) is 5.32 Å². The van der Waals surface area contributed by atoms with Crippen molar-refractivity contribution in [2.45, 2.75) is 19.5 Å². The summed E-state index contributed by atoms with van der Waals surface area (Å²) in [5.41, 5.74) is 1.60. The van der Waals surface area contributed by atoms with Crippen LogP contribution in [0.25, 0.3) is 0 Å². The summed E-state index contributed by atoms with van der Waals surface area (Å²) in [5.74, 6) is -0.255. The van der Waals surface area contributed by atoms with Crippen LogP contribution in [-0.2, 0) is 6.54 Å². The maximum atomic E-state index is 13.2. The molecule has 0 aromatic heterocycles. The zero-order valence-electron chi connectivity index (χ0n) is 10.8. The molecule has 106 valence electrons. The van der Waals surface area contributed by atoms with Gasteiger partial charge in [0, 0.05) is 23.2 Å². The summed E-state index contributed by atoms with van der Waals surface area (Å²) in [6.45, 7) is 2.40. The van der Waals surface area contributed by atoms with Crippen LogP contribution in [0.2, 0.25) is 15.1 Å². The first kappa shape index (κ1) is 15.6. The highest BCUT2D eigenvalue weighted by molar-refractivity contribution is 6.44. The Balaban J connectivity index is 2.11. The van der Waals surface area contributed by atoms with E-state index in [4.69, 9.17) is 34.8 Å². The highest BCUT2D eigenvalue weighted by Gasteiger charge is 2.12. The molecule has 0 spiro atoms. The first-order chi connectivity index (χ1) is 9.49. The van der Waals surface area contributed by atoms with Crippen molar-refractivity contribution >= 4 is 34.8 Å². The second-order valence-corrected chi connectivity index (χ2v) is 5.67. The van der Waals surface area contributed by atoms with Gasteiger partial charge >= 0.3 is 0 Å². The summed E-state index contributed by atoms with van der Waals surface area (Å²) in [5, 5.41) is 4.72. The Morgan fingerprint density at radius 3 is 2.50 bits per heavy atom. The minimum atomic E-state index is -0.255. The van der Waals surface area contributed by atoms with Gasteiger partial charge in [0.1, 0.15) is 5.82 Å². The minimum Gasteiger partial charge on any atom is -0.306 e. The molecule has 2 aromatic carbocycles. The Hall–Kier alpha value is -0.800. The fraction of sp³-hybridized carbons (Fsp3) is 0.200. The molecule has 0 aliphatic rings. The first-order valence-electron chi connectivity index (χ1n) is 6.10. The van der Waals surface area contributed by atoms with E-state index in [1.807, 2.05) is 13.0 Å². The molecule has 0 aliphatic carbocycles. The van der Waals surface area contributed by atoms with Gasteiger partial charge in [-0.25, -0.2) is 4.39 Å². The van der Waals surface area contributed by atoms with Crippen molar-refractivity contribution in [3.05, 3.63) is 68.4 Å². The van der Waals surface area contributed by atoms with E-state index < -0.39 is 0 Å². The van der Waals surface area contributed by atoms with Crippen molar-refractivity contribution in [3.8, 4) is 0 Å². The van der Waals surface area contributed by atoms with Gasteiger partial charge in [-0.3, -0.25) is 0 Å². The van der Waals surface area contributed by atoms with Gasteiger partial charge in [-0.1, -0.05) is 46.9 Å². The smallest absolute Gasteiger partial charge is 0.123 e. The quantitative estimate of drug-likeness (QED) is 0.715. The van der Waals surface area contributed by atoms with E-state index in [1.54, 1.807) is 18.2 Å². The molecule has 1 unspecified atom stereocenters. The van der Waals surface area contributed by atoms with Crippen molar-refractivity contribution in [2.75, 3.05) is 0 Å². The lowest BCUT2D eigenvalue weighted by atomic mass is 10.1. The third-order valence-electron chi connectivity index (χ3n) is 3.07. The number of rotatable bonds is 4. The van der Waals surface area contributed by atoms with Gasteiger partial charge in [0.25, 0.3) is 0 Å². The molecule has 0 radical (unpaired) electrons. The lowest BCUT2D eigenvalue weighted by Gasteiger charge is -2.16. The van der Waals surface area contributed by atoms with Crippen LogP contribution in [0.5, 0.6) is 0 Å². The van der Waals surface area contributed by atoms with Crippen molar-refractivity contribution in [1.29, 1.82) is 0 Å². The number of hydrogen-bond donors (Lipinski definition) is 1. The van der Waals surface area contributed by atoms with E-state index in [-0.39, 0.29) is 11.9 Å². The van der Waals surface area contributed by atoms with E-state index in [2.05, 4.69) is 5.32 Å². The molecule has 1 nitrogen and oxygen atoms in total. The van der Waals surface area contributed by atoms with Crippen molar-refractivity contribution < 1.29 is 4.39 Å². The molecule has 2 aromatic rings. The largest absolute Gasteiger partial charge is 0.306 e. The van der Waals surface area contributed by atoms with Crippen LogP contribution in [-0.4, -0.2) is 0 Å². The number of nitrogens with one attached hydrogen (secondary N) is 1. The molecule has 2 rings (SSSR count). The summed E-state index contributed by atoms with van der Waals surface area (Å²) < 4.78 is 13.2. The van der Waals surface area contributed by atoms with E-state index in [1.165, 1.54) is 12.1 Å². The number of halogens is 4. The summed E-state index contributed by atoms with van der Waals surface area (Å²) in [4.78, 5) is 0. The second-order valence-electron chi connectivity index (χ2n) is 4.48. The van der Waals surface area contributed by atoms with Crippen LogP contribution in [0.4, 0.5) is 4.39 Å². The average Bonchev–Trinajstić information content (AvgIpc) is 2.43. The zero-order valence-corrected chi connectivity index (χ0v) is 13.0. The third-order valence-corrected chi connectivity index (χ3v) is 4.27. The molecule has 0 saturated carbocycles. The van der Waals surface area contributed by atoms with E-state index in [0.29, 0.717) is 21.6 Å². The Kier molecular flexibility index (Phi) is 5.28. The van der Waals surface area contributed by atoms with E-state index in [0.717, 1.165) is 11.1 Å². The molecule has 20 heavy (non-hydrogen) atoms. The molecule has 1 N–H and O–H groups in total. The summed E-state index contributed by atoms with van der Waals surface area (Å²) >= 11 is 18.2. The molecule has 0 aliphatic heterocycles. The Morgan fingerprint density at radius 2 is 1.80 bits per heavy atom. The van der Waals surface area contributed by atoms with Gasteiger partial charge in [-0.15, -0.1) is 0 Å². The fourth-order valence-corrected chi connectivity index (χ4v) is 2.56. The molecular weight excluding hydrogens is 320 g/mol. The van der Waals surface area contributed by atoms with Crippen LogP contribution >= 0.6 is 34.8 Å². The predicted octanol–water partition coefficient (Wildman–Crippen LogP) is 5.64. The number of hydrogen-bond acceptors (Lipinski definition) is 1. The standard InChI is InChI=1S/C15H13Cl3FN/c1-9(10-3-2-4-11(19)7-10)20-8-12-13(16)5-6-14(17)15(12)18/h2-7,9,20H,8H2,1H3. The number of benzene rings is 2. The van der Waals surface area contributed by atoms with Gasteiger partial charge in [-0.05, 0) is 36.8 Å². The van der Waals surface area contributed by atoms with Crippen molar-refractivity contribution in [3.63, 3.8) is 0 Å². The zero-order chi connectivity index (χ0) is 14.7. The van der Waals surface area contributed by atoms with E-state index in [9.17, 15) is 4.39 Å². The molecule has 5 heteroatoms. The maximum absolute atomic E-state index is 13.2. The van der Waals surface area contributed by atoms with Gasteiger partial charge in [0.15, 0.2) is 0 Å². The highest BCUT2D eigenvalue weighted by Crippen LogP contribution is 2.31. The Bertz CT molecular complexity index is 616. The van der Waals surface area contributed by atoms with Crippen LogP contribution in [0.15, 0.2) is 36.4 Å². The fourth-order valence-electron chi connectivity index (χ4n) is 1.88. The normalized spacial score (nSPS) is 12.4. The third kappa shape index (κ3) is 3.64. The molecule has 0 fully saturated rings. The first-order valence-corrected chi connectivity index (χ1v) is 7.23. The summed E-state index contributed by atoms with van der Waals surface area (Å²) in [6.07, 6.45) is 0. The summed E-state index contributed by atoms with van der Waals surface area (Å²) in [6, 6.07) is 9.80. The van der Waals surface area contributed by atoms with Crippen molar-refractivity contribution in [2.24, 2.45) is 0 Å². The monoisotopic (exact) mass is 331 g/mol. The van der Waals surface area contributed by atoms with Crippen LogP contribution < -0.4 is 5.32 Å². The molecule has 0 saturated heterocycles. The van der Waals surface area contributed by atoms with Gasteiger partial charge < -0.3 is 5.32 Å². The molecule has 0 bridgehead atoms. The van der Waals surface area contributed by atoms with Crippen LogP contribution in [0.3, 0.4) is 0 Å². The Labute approximate surface area is 132 Å². The molecule has 0 amide bonds. The minimum absolute atomic E-state index is 0.0307. The Morgan fingerprint density at radius 1 is 1.10 bits per heavy atom. The second kappa shape index (κ2) is 6.77. The average molecular weight is 333 g/mol. The predicted molar refractivity (Wildman–Crippen MR) is 83.1 cm³/mol. The molecular formula is C15H13Cl3FN. The summed E-state index contributed by atoms with van der Waals surface area (Å²) in [7, 11) is 0. The molecule has 1 atom stereocenters. The van der Waals surface area contributed by atoms with Gasteiger partial charge in [-0.2, -0.15) is 0 Å².